The average molecular weight is 333 g/mol. The SMILES string of the molecule is CC(C)Cc1ccc2ccccc2c1.Cc1ccc(CC(C)C)cc1. The number of hydrogen-bond donors (Lipinski definition) is 0. The van der Waals surface area contributed by atoms with Gasteiger partial charge in [0.15, 0.2) is 0 Å². The predicted octanol–water partition coefficient (Wildman–Crippen LogP) is 7.23. The molecule has 0 aliphatic rings. The van der Waals surface area contributed by atoms with Gasteiger partial charge in [0.25, 0.3) is 0 Å². The van der Waals surface area contributed by atoms with Gasteiger partial charge in [-0.05, 0) is 53.5 Å². The lowest BCUT2D eigenvalue weighted by Gasteiger charge is -2.06. The summed E-state index contributed by atoms with van der Waals surface area (Å²) >= 11 is 0. The van der Waals surface area contributed by atoms with Gasteiger partial charge in [-0.2, -0.15) is 0 Å². The van der Waals surface area contributed by atoms with Crippen molar-refractivity contribution in [2.75, 3.05) is 0 Å². The molecule has 0 aliphatic heterocycles. The van der Waals surface area contributed by atoms with E-state index in [0.717, 1.165) is 11.8 Å². The van der Waals surface area contributed by atoms with Crippen LogP contribution in [0.4, 0.5) is 0 Å². The first-order valence-corrected chi connectivity index (χ1v) is 9.47. The van der Waals surface area contributed by atoms with Gasteiger partial charge in [-0.15, -0.1) is 0 Å². The van der Waals surface area contributed by atoms with Crippen molar-refractivity contribution in [2.24, 2.45) is 11.8 Å². The summed E-state index contributed by atoms with van der Waals surface area (Å²) < 4.78 is 0. The highest BCUT2D eigenvalue weighted by Gasteiger charge is 1.99. The van der Waals surface area contributed by atoms with Gasteiger partial charge >= 0.3 is 0 Å². The van der Waals surface area contributed by atoms with E-state index in [1.54, 1.807) is 0 Å². The molecule has 0 saturated carbocycles. The third-order valence-corrected chi connectivity index (χ3v) is 4.22. The van der Waals surface area contributed by atoms with Crippen molar-refractivity contribution >= 4 is 10.8 Å². The van der Waals surface area contributed by atoms with Crippen LogP contribution in [0.25, 0.3) is 10.8 Å². The Morgan fingerprint density at radius 1 is 0.600 bits per heavy atom. The van der Waals surface area contributed by atoms with Crippen LogP contribution >= 0.6 is 0 Å². The summed E-state index contributed by atoms with van der Waals surface area (Å²) in [6.07, 6.45) is 2.37. The summed E-state index contributed by atoms with van der Waals surface area (Å²) in [4.78, 5) is 0. The number of hydrogen-bond acceptors (Lipinski definition) is 0. The van der Waals surface area contributed by atoms with Crippen molar-refractivity contribution < 1.29 is 0 Å². The minimum absolute atomic E-state index is 0.733. The van der Waals surface area contributed by atoms with Gasteiger partial charge in [-0.25, -0.2) is 0 Å². The minimum atomic E-state index is 0.733. The lowest BCUT2D eigenvalue weighted by Crippen LogP contribution is -1.93. The lowest BCUT2D eigenvalue weighted by molar-refractivity contribution is 0.647. The van der Waals surface area contributed by atoms with E-state index in [2.05, 4.69) is 101 Å². The van der Waals surface area contributed by atoms with E-state index in [1.807, 2.05) is 0 Å². The summed E-state index contributed by atoms with van der Waals surface area (Å²) in [6.45, 7) is 11.1. The molecule has 0 spiro atoms. The van der Waals surface area contributed by atoms with Crippen molar-refractivity contribution in [1.82, 2.24) is 0 Å². The Bertz CT molecular complexity index is 763. The molecule has 132 valence electrons. The van der Waals surface area contributed by atoms with E-state index in [1.165, 1.54) is 40.3 Å². The molecule has 0 fully saturated rings. The maximum atomic E-state index is 2.30. The van der Waals surface area contributed by atoms with Gasteiger partial charge in [0.2, 0.25) is 0 Å². The van der Waals surface area contributed by atoms with E-state index in [4.69, 9.17) is 0 Å². The van der Waals surface area contributed by atoms with Crippen LogP contribution in [0.3, 0.4) is 0 Å². The fourth-order valence-corrected chi connectivity index (χ4v) is 3.03. The quantitative estimate of drug-likeness (QED) is 0.472. The van der Waals surface area contributed by atoms with Crippen molar-refractivity contribution in [2.45, 2.75) is 47.5 Å². The molecule has 0 bridgehead atoms. The maximum absolute atomic E-state index is 2.30. The lowest BCUT2D eigenvalue weighted by atomic mass is 10.00. The molecule has 0 radical (unpaired) electrons. The molecule has 0 atom stereocenters. The second-order valence-corrected chi connectivity index (χ2v) is 7.86. The zero-order chi connectivity index (χ0) is 18.2. The average Bonchev–Trinajstić information content (AvgIpc) is 2.56. The van der Waals surface area contributed by atoms with Crippen molar-refractivity contribution in [3.05, 3.63) is 83.4 Å². The molecule has 0 nitrogen and oxygen atoms in total. The first-order valence-electron chi connectivity index (χ1n) is 9.47. The second kappa shape index (κ2) is 9.42. The Morgan fingerprint density at radius 3 is 1.72 bits per heavy atom. The van der Waals surface area contributed by atoms with E-state index in [0.29, 0.717) is 0 Å². The molecule has 0 heteroatoms. The normalized spacial score (nSPS) is 10.8. The minimum Gasteiger partial charge on any atom is -0.0625 e. The third kappa shape index (κ3) is 6.74. The zero-order valence-electron chi connectivity index (χ0n) is 16.4. The summed E-state index contributed by atoms with van der Waals surface area (Å²) in [5.74, 6) is 1.49. The van der Waals surface area contributed by atoms with E-state index >= 15 is 0 Å². The summed E-state index contributed by atoms with van der Waals surface area (Å²) in [7, 11) is 0. The van der Waals surface area contributed by atoms with Gasteiger partial charge in [-0.3, -0.25) is 0 Å². The van der Waals surface area contributed by atoms with E-state index in [-0.39, 0.29) is 0 Å². The van der Waals surface area contributed by atoms with E-state index in [9.17, 15) is 0 Å². The first kappa shape index (κ1) is 19.2. The summed E-state index contributed by atoms with van der Waals surface area (Å²) in [6, 6.07) is 24.1. The van der Waals surface area contributed by atoms with Crippen LogP contribution in [0.2, 0.25) is 0 Å². The molecular weight excluding hydrogens is 300 g/mol. The molecule has 0 unspecified atom stereocenters. The molecule has 0 aliphatic carbocycles. The van der Waals surface area contributed by atoms with Crippen molar-refractivity contribution in [1.29, 1.82) is 0 Å². The molecule has 25 heavy (non-hydrogen) atoms. The van der Waals surface area contributed by atoms with Crippen LogP contribution in [0.5, 0.6) is 0 Å². The van der Waals surface area contributed by atoms with Crippen molar-refractivity contribution in [3.63, 3.8) is 0 Å². The fraction of sp³-hybridized carbons (Fsp3) is 0.360. The summed E-state index contributed by atoms with van der Waals surface area (Å²) in [5, 5.41) is 2.69. The largest absolute Gasteiger partial charge is 0.0625 e. The van der Waals surface area contributed by atoms with Crippen LogP contribution in [-0.4, -0.2) is 0 Å². The van der Waals surface area contributed by atoms with Gasteiger partial charge in [-0.1, -0.05) is 100.0 Å². The van der Waals surface area contributed by atoms with Crippen LogP contribution in [0.1, 0.15) is 44.4 Å². The Morgan fingerprint density at radius 2 is 1.12 bits per heavy atom. The Kier molecular flexibility index (Phi) is 7.25. The highest BCUT2D eigenvalue weighted by Crippen LogP contribution is 2.17. The molecule has 3 aromatic rings. The molecule has 0 N–H and O–H groups in total. The third-order valence-electron chi connectivity index (χ3n) is 4.22. The second-order valence-electron chi connectivity index (χ2n) is 7.86. The molecule has 0 saturated heterocycles. The molecule has 0 amide bonds. The predicted molar refractivity (Wildman–Crippen MR) is 112 cm³/mol. The van der Waals surface area contributed by atoms with Crippen LogP contribution in [-0.2, 0) is 12.8 Å². The van der Waals surface area contributed by atoms with Crippen LogP contribution < -0.4 is 0 Å². The topological polar surface area (TPSA) is 0 Å². The molecular formula is C25H32. The molecule has 0 heterocycles. The molecule has 0 aromatic heterocycles. The fourth-order valence-electron chi connectivity index (χ4n) is 3.03. The zero-order valence-corrected chi connectivity index (χ0v) is 16.4. The maximum Gasteiger partial charge on any atom is -0.0181 e. The smallest absolute Gasteiger partial charge is 0.0181 e. The monoisotopic (exact) mass is 332 g/mol. The van der Waals surface area contributed by atoms with Gasteiger partial charge < -0.3 is 0 Å². The van der Waals surface area contributed by atoms with Crippen LogP contribution in [0.15, 0.2) is 66.7 Å². The number of benzene rings is 3. The van der Waals surface area contributed by atoms with Gasteiger partial charge in [0.1, 0.15) is 0 Å². The van der Waals surface area contributed by atoms with Gasteiger partial charge in [0.05, 0.1) is 0 Å². The number of fused-ring (bicyclic) bond motifs is 1. The highest BCUT2D eigenvalue weighted by molar-refractivity contribution is 5.82. The summed E-state index contributed by atoms with van der Waals surface area (Å²) in [5.41, 5.74) is 4.24. The Balaban J connectivity index is 0.000000186. The Hall–Kier alpha value is -2.08. The number of aryl methyl sites for hydroxylation is 1. The first-order chi connectivity index (χ1) is 11.9. The van der Waals surface area contributed by atoms with Gasteiger partial charge in [0, 0.05) is 0 Å². The Labute approximate surface area is 153 Å². The standard InChI is InChI=1S/C14H16.C11H16/c1-11(2)9-12-7-8-13-5-3-4-6-14(13)10-12;1-9(2)8-11-6-4-10(3)5-7-11/h3-8,10-11H,9H2,1-2H3;4-7,9H,8H2,1-3H3. The van der Waals surface area contributed by atoms with Crippen LogP contribution in [0, 0.1) is 18.8 Å². The molecule has 3 rings (SSSR count). The number of rotatable bonds is 4. The highest BCUT2D eigenvalue weighted by atomic mass is 14.0. The van der Waals surface area contributed by atoms with E-state index < -0.39 is 0 Å². The molecule has 3 aromatic carbocycles. The van der Waals surface area contributed by atoms with Crippen molar-refractivity contribution in [3.8, 4) is 0 Å².